The minimum atomic E-state index is -3.68. The lowest BCUT2D eigenvalue weighted by Gasteiger charge is -2.06. The van der Waals surface area contributed by atoms with E-state index in [1.54, 1.807) is 12.1 Å². The number of nitrogens with zero attached hydrogens (tertiary/aromatic N) is 1. The van der Waals surface area contributed by atoms with Crippen molar-refractivity contribution in [3.05, 3.63) is 77.7 Å². The second-order valence-electron chi connectivity index (χ2n) is 6.02. The first-order valence-electron chi connectivity index (χ1n) is 8.05. The molecule has 6 heteroatoms. The van der Waals surface area contributed by atoms with Gasteiger partial charge in [0.1, 0.15) is 0 Å². The highest BCUT2D eigenvalue weighted by molar-refractivity contribution is 7.93. The molecule has 4 nitrogen and oxygen atoms in total. The summed E-state index contributed by atoms with van der Waals surface area (Å²) in [6.45, 7) is 2.02. The fourth-order valence-corrected chi connectivity index (χ4v) is 4.69. The number of benzene rings is 3. The molecule has 0 aliphatic carbocycles. The van der Waals surface area contributed by atoms with Crippen LogP contribution in [0.3, 0.4) is 0 Å². The van der Waals surface area contributed by atoms with E-state index in [1.807, 2.05) is 66.9 Å². The second-order valence-corrected chi connectivity index (χ2v) is 8.56. The largest absolute Gasteiger partial charge is 0.263 e. The highest BCUT2D eigenvalue weighted by Gasteiger charge is 2.17. The molecule has 3 aromatic carbocycles. The summed E-state index contributed by atoms with van der Waals surface area (Å²) in [5.74, 6) is 0. The summed E-state index contributed by atoms with van der Waals surface area (Å²) in [6.07, 6.45) is 0. The molecule has 26 heavy (non-hydrogen) atoms. The molecule has 0 aliphatic heterocycles. The number of aromatic nitrogens is 1. The first-order chi connectivity index (χ1) is 12.5. The molecule has 0 atom stereocenters. The van der Waals surface area contributed by atoms with E-state index >= 15 is 0 Å². The standard InChI is InChI=1S/C20H16N2O2S2/c1-14-6-8-16(9-7-14)19-13-25-20(21-19)22-26(23,24)18-11-10-15-4-2-3-5-17(15)12-18/h2-13H,1H3,(H,21,22). The summed E-state index contributed by atoms with van der Waals surface area (Å²) < 4.78 is 28.0. The maximum atomic E-state index is 12.7. The van der Waals surface area contributed by atoms with Gasteiger partial charge in [-0.1, -0.05) is 60.2 Å². The zero-order chi connectivity index (χ0) is 18.1. The van der Waals surface area contributed by atoms with Crippen LogP contribution >= 0.6 is 11.3 Å². The maximum Gasteiger partial charge on any atom is 0.263 e. The first kappa shape index (κ1) is 16.8. The first-order valence-corrected chi connectivity index (χ1v) is 10.4. The van der Waals surface area contributed by atoms with Gasteiger partial charge in [-0.25, -0.2) is 13.4 Å². The van der Waals surface area contributed by atoms with Crippen LogP contribution in [0.25, 0.3) is 22.0 Å². The lowest BCUT2D eigenvalue weighted by atomic mass is 10.1. The van der Waals surface area contributed by atoms with Gasteiger partial charge in [-0.05, 0) is 29.8 Å². The van der Waals surface area contributed by atoms with Gasteiger partial charge < -0.3 is 0 Å². The second kappa shape index (κ2) is 6.55. The fourth-order valence-electron chi connectivity index (χ4n) is 2.69. The van der Waals surface area contributed by atoms with Crippen molar-refractivity contribution in [2.45, 2.75) is 11.8 Å². The summed E-state index contributed by atoms with van der Waals surface area (Å²) in [6, 6.07) is 20.7. The molecule has 0 saturated heterocycles. The Kier molecular flexibility index (Phi) is 4.22. The summed E-state index contributed by atoms with van der Waals surface area (Å²) >= 11 is 1.27. The van der Waals surface area contributed by atoms with Crippen LogP contribution in [0.15, 0.2) is 77.0 Å². The molecule has 0 bridgehead atoms. The normalized spacial score (nSPS) is 11.6. The van der Waals surface area contributed by atoms with E-state index in [1.165, 1.54) is 16.9 Å². The van der Waals surface area contributed by atoms with Crippen LogP contribution in [-0.2, 0) is 10.0 Å². The van der Waals surface area contributed by atoms with Crippen LogP contribution in [-0.4, -0.2) is 13.4 Å². The zero-order valence-electron chi connectivity index (χ0n) is 14.0. The zero-order valence-corrected chi connectivity index (χ0v) is 15.6. The van der Waals surface area contributed by atoms with Crippen LogP contribution in [0.1, 0.15) is 5.56 Å². The number of aryl methyl sites for hydroxylation is 1. The van der Waals surface area contributed by atoms with Gasteiger partial charge in [0.15, 0.2) is 5.13 Å². The van der Waals surface area contributed by atoms with Gasteiger partial charge in [0, 0.05) is 10.9 Å². The van der Waals surface area contributed by atoms with Crippen LogP contribution in [0, 0.1) is 6.92 Å². The lowest BCUT2D eigenvalue weighted by Crippen LogP contribution is -2.12. The number of nitrogens with one attached hydrogen (secondary N) is 1. The fraction of sp³-hybridized carbons (Fsp3) is 0.0500. The molecule has 0 aliphatic rings. The number of sulfonamides is 1. The van der Waals surface area contributed by atoms with Crippen molar-refractivity contribution in [3.8, 4) is 11.3 Å². The quantitative estimate of drug-likeness (QED) is 0.537. The highest BCUT2D eigenvalue weighted by Crippen LogP contribution is 2.27. The third-order valence-electron chi connectivity index (χ3n) is 4.10. The highest BCUT2D eigenvalue weighted by atomic mass is 32.2. The van der Waals surface area contributed by atoms with Crippen molar-refractivity contribution < 1.29 is 8.42 Å². The van der Waals surface area contributed by atoms with Gasteiger partial charge in [-0.3, -0.25) is 4.72 Å². The molecule has 0 amide bonds. The third-order valence-corrected chi connectivity index (χ3v) is 6.33. The summed E-state index contributed by atoms with van der Waals surface area (Å²) in [7, 11) is -3.68. The molecule has 1 N–H and O–H groups in total. The Morgan fingerprint density at radius 1 is 0.923 bits per heavy atom. The molecular formula is C20H16N2O2S2. The molecule has 0 radical (unpaired) electrons. The van der Waals surface area contributed by atoms with Gasteiger partial charge >= 0.3 is 0 Å². The molecule has 4 rings (SSSR count). The van der Waals surface area contributed by atoms with E-state index in [-0.39, 0.29) is 4.90 Å². The van der Waals surface area contributed by atoms with Crippen LogP contribution < -0.4 is 4.72 Å². The number of rotatable bonds is 4. The number of thiazole rings is 1. The van der Waals surface area contributed by atoms with Crippen molar-refractivity contribution >= 4 is 37.3 Å². The van der Waals surface area contributed by atoms with Gasteiger partial charge in [0.2, 0.25) is 0 Å². The van der Waals surface area contributed by atoms with Crippen molar-refractivity contribution in [1.82, 2.24) is 4.98 Å². The predicted molar refractivity (Wildman–Crippen MR) is 107 cm³/mol. The van der Waals surface area contributed by atoms with Gasteiger partial charge in [0.25, 0.3) is 10.0 Å². The molecule has 0 fully saturated rings. The SMILES string of the molecule is Cc1ccc(-c2csc(NS(=O)(=O)c3ccc4ccccc4c3)n2)cc1. The van der Waals surface area contributed by atoms with Crippen molar-refractivity contribution in [2.75, 3.05) is 4.72 Å². The van der Waals surface area contributed by atoms with E-state index in [4.69, 9.17) is 0 Å². The molecular weight excluding hydrogens is 364 g/mol. The molecule has 130 valence electrons. The topological polar surface area (TPSA) is 59.1 Å². The average Bonchev–Trinajstić information content (AvgIpc) is 3.09. The number of anilines is 1. The van der Waals surface area contributed by atoms with Crippen molar-refractivity contribution in [3.63, 3.8) is 0 Å². The number of fused-ring (bicyclic) bond motifs is 1. The Morgan fingerprint density at radius 3 is 2.42 bits per heavy atom. The monoisotopic (exact) mass is 380 g/mol. The number of hydrogen-bond donors (Lipinski definition) is 1. The predicted octanol–water partition coefficient (Wildman–Crippen LogP) is 5.07. The molecule has 1 aromatic heterocycles. The van der Waals surface area contributed by atoms with E-state index in [2.05, 4.69) is 9.71 Å². The minimum absolute atomic E-state index is 0.225. The third kappa shape index (κ3) is 3.34. The smallest absolute Gasteiger partial charge is 0.255 e. The van der Waals surface area contributed by atoms with Gasteiger partial charge in [0.05, 0.1) is 10.6 Å². The van der Waals surface area contributed by atoms with Gasteiger partial charge in [-0.2, -0.15) is 0 Å². The summed E-state index contributed by atoms with van der Waals surface area (Å²) in [5.41, 5.74) is 2.88. The van der Waals surface area contributed by atoms with Gasteiger partial charge in [-0.15, -0.1) is 11.3 Å². The molecule has 4 aromatic rings. The average molecular weight is 380 g/mol. The van der Waals surface area contributed by atoms with Crippen molar-refractivity contribution in [2.24, 2.45) is 0 Å². The van der Waals surface area contributed by atoms with Crippen LogP contribution in [0.5, 0.6) is 0 Å². The van der Waals surface area contributed by atoms with Crippen LogP contribution in [0.4, 0.5) is 5.13 Å². The summed E-state index contributed by atoms with van der Waals surface area (Å²) in [5, 5.41) is 4.09. The molecule has 0 saturated carbocycles. The summed E-state index contributed by atoms with van der Waals surface area (Å²) in [4.78, 5) is 4.64. The van der Waals surface area contributed by atoms with E-state index in [0.717, 1.165) is 22.0 Å². The maximum absolute atomic E-state index is 12.7. The Bertz CT molecular complexity index is 1180. The number of hydrogen-bond acceptors (Lipinski definition) is 4. The Hall–Kier alpha value is -2.70. The van der Waals surface area contributed by atoms with E-state index in [9.17, 15) is 8.42 Å². The minimum Gasteiger partial charge on any atom is -0.255 e. The molecule has 1 heterocycles. The van der Waals surface area contributed by atoms with E-state index < -0.39 is 10.0 Å². The Morgan fingerprint density at radius 2 is 1.65 bits per heavy atom. The van der Waals surface area contributed by atoms with Crippen LogP contribution in [0.2, 0.25) is 0 Å². The van der Waals surface area contributed by atoms with E-state index in [0.29, 0.717) is 5.13 Å². The molecule has 0 unspecified atom stereocenters. The lowest BCUT2D eigenvalue weighted by molar-refractivity contribution is 0.601. The Labute approximate surface area is 156 Å². The molecule has 0 spiro atoms. The van der Waals surface area contributed by atoms with Crippen molar-refractivity contribution in [1.29, 1.82) is 0 Å². The Balaban J connectivity index is 1.62.